The maximum Gasteiger partial charge on any atom is 0.260 e. The number of rotatable bonds is 6. The Morgan fingerprint density at radius 2 is 2.22 bits per heavy atom. The Morgan fingerprint density at radius 3 is 2.78 bits per heavy atom. The number of nitrogens with one attached hydrogen (secondary N) is 1. The van der Waals surface area contributed by atoms with Crippen LogP contribution < -0.4 is 20.5 Å². The van der Waals surface area contributed by atoms with Crippen molar-refractivity contribution < 1.29 is 14.3 Å². The fourth-order valence-electron chi connectivity index (χ4n) is 1.64. The first kappa shape index (κ1) is 14.3. The van der Waals surface area contributed by atoms with Crippen LogP contribution in [0.2, 0.25) is 0 Å². The number of methoxy groups -OCH3 is 1. The minimum absolute atomic E-state index is 0.181. The van der Waals surface area contributed by atoms with E-state index in [0.29, 0.717) is 24.5 Å². The maximum atomic E-state index is 11.5. The van der Waals surface area contributed by atoms with Gasteiger partial charge in [0.15, 0.2) is 17.6 Å². The van der Waals surface area contributed by atoms with E-state index in [0.717, 1.165) is 5.56 Å². The highest BCUT2D eigenvalue weighted by Crippen LogP contribution is 2.32. The molecule has 5 nitrogen and oxygen atoms in total. The molecule has 5 heteroatoms. The molecule has 100 valence electrons. The molecule has 1 aromatic rings. The van der Waals surface area contributed by atoms with Gasteiger partial charge < -0.3 is 20.5 Å². The summed E-state index contributed by atoms with van der Waals surface area (Å²) in [6, 6.07) is 5.59. The molecule has 0 saturated carbocycles. The number of para-hydroxylation sites is 1. The van der Waals surface area contributed by atoms with Gasteiger partial charge in [-0.15, -0.1) is 0 Å². The number of benzene rings is 1. The summed E-state index contributed by atoms with van der Waals surface area (Å²) < 4.78 is 10.9. The smallest absolute Gasteiger partial charge is 0.260 e. The summed E-state index contributed by atoms with van der Waals surface area (Å²) in [4.78, 5) is 11.5. The number of ether oxygens (including phenoxy) is 2. The van der Waals surface area contributed by atoms with Crippen LogP contribution in [0.3, 0.4) is 0 Å². The quantitative estimate of drug-likeness (QED) is 0.782. The summed E-state index contributed by atoms with van der Waals surface area (Å²) in [5.74, 6) is 1.01. The lowest BCUT2D eigenvalue weighted by molar-refractivity contribution is -0.126. The maximum absolute atomic E-state index is 11.5. The van der Waals surface area contributed by atoms with Crippen LogP contribution in [0, 0.1) is 0 Å². The molecule has 0 fully saturated rings. The van der Waals surface area contributed by atoms with E-state index < -0.39 is 6.10 Å². The molecule has 1 amide bonds. The highest BCUT2D eigenvalue weighted by molar-refractivity contribution is 5.80. The van der Waals surface area contributed by atoms with Crippen molar-refractivity contribution >= 4 is 5.91 Å². The van der Waals surface area contributed by atoms with Gasteiger partial charge in [-0.05, 0) is 31.5 Å². The van der Waals surface area contributed by atoms with Crippen molar-refractivity contribution in [1.82, 2.24) is 5.32 Å². The van der Waals surface area contributed by atoms with Crippen molar-refractivity contribution in [2.75, 3.05) is 20.7 Å². The Bertz CT molecular complexity index is 407. The summed E-state index contributed by atoms with van der Waals surface area (Å²) in [7, 11) is 3.14. The lowest BCUT2D eigenvalue weighted by Crippen LogP contribution is -2.34. The minimum atomic E-state index is -0.581. The first-order valence-electron chi connectivity index (χ1n) is 5.88. The third-order valence-corrected chi connectivity index (χ3v) is 2.60. The van der Waals surface area contributed by atoms with Crippen molar-refractivity contribution in [3.63, 3.8) is 0 Å². The first-order chi connectivity index (χ1) is 8.63. The number of likely N-dealkylation sites (N-methyl/N-ethyl adjacent to an activating group) is 1. The second kappa shape index (κ2) is 6.86. The average Bonchev–Trinajstić information content (AvgIpc) is 2.39. The van der Waals surface area contributed by atoms with Crippen LogP contribution in [-0.2, 0) is 11.2 Å². The van der Waals surface area contributed by atoms with E-state index in [9.17, 15) is 4.79 Å². The van der Waals surface area contributed by atoms with Gasteiger partial charge in [0.05, 0.1) is 7.11 Å². The van der Waals surface area contributed by atoms with Gasteiger partial charge in [0.1, 0.15) is 0 Å². The molecule has 1 unspecified atom stereocenters. The molecule has 0 aliphatic carbocycles. The van der Waals surface area contributed by atoms with E-state index in [1.54, 1.807) is 27.1 Å². The Kier molecular flexibility index (Phi) is 5.45. The number of hydrogen-bond donors (Lipinski definition) is 2. The summed E-state index contributed by atoms with van der Waals surface area (Å²) >= 11 is 0. The van der Waals surface area contributed by atoms with Crippen LogP contribution >= 0.6 is 0 Å². The van der Waals surface area contributed by atoms with Gasteiger partial charge in [-0.1, -0.05) is 12.1 Å². The number of nitrogens with two attached hydrogens (primary N) is 1. The zero-order valence-corrected chi connectivity index (χ0v) is 11.0. The molecule has 0 saturated heterocycles. The zero-order valence-electron chi connectivity index (χ0n) is 11.0. The van der Waals surface area contributed by atoms with E-state index >= 15 is 0 Å². The van der Waals surface area contributed by atoms with Crippen molar-refractivity contribution in [3.8, 4) is 11.5 Å². The Morgan fingerprint density at radius 1 is 1.50 bits per heavy atom. The average molecular weight is 252 g/mol. The zero-order chi connectivity index (χ0) is 13.5. The fourth-order valence-corrected chi connectivity index (χ4v) is 1.64. The van der Waals surface area contributed by atoms with Crippen LogP contribution in [-0.4, -0.2) is 32.7 Å². The molecule has 1 aromatic carbocycles. The molecule has 0 aromatic heterocycles. The lowest BCUT2D eigenvalue weighted by atomic mass is 10.1. The van der Waals surface area contributed by atoms with Gasteiger partial charge in [-0.2, -0.15) is 0 Å². The minimum Gasteiger partial charge on any atom is -0.493 e. The van der Waals surface area contributed by atoms with Crippen LogP contribution in [0.5, 0.6) is 11.5 Å². The Labute approximate surface area is 107 Å². The number of amides is 1. The molecule has 0 aliphatic heterocycles. The topological polar surface area (TPSA) is 73.6 Å². The van der Waals surface area contributed by atoms with Gasteiger partial charge >= 0.3 is 0 Å². The standard InChI is InChI=1S/C13H20N2O3/c1-9(13(16)15-2)18-12-10(7-8-14)5-4-6-11(12)17-3/h4-6,9H,7-8,14H2,1-3H3,(H,15,16). The van der Waals surface area contributed by atoms with Crippen molar-refractivity contribution in [2.24, 2.45) is 5.73 Å². The molecule has 1 rings (SSSR count). The van der Waals surface area contributed by atoms with E-state index in [4.69, 9.17) is 15.2 Å². The second-order valence-electron chi connectivity index (χ2n) is 3.86. The van der Waals surface area contributed by atoms with Crippen LogP contribution in [0.1, 0.15) is 12.5 Å². The molecular formula is C13H20N2O3. The second-order valence-corrected chi connectivity index (χ2v) is 3.86. The van der Waals surface area contributed by atoms with Crippen molar-refractivity contribution in [3.05, 3.63) is 23.8 Å². The van der Waals surface area contributed by atoms with Gasteiger partial charge in [-0.25, -0.2) is 0 Å². The predicted molar refractivity (Wildman–Crippen MR) is 69.9 cm³/mol. The van der Waals surface area contributed by atoms with Gasteiger partial charge in [0, 0.05) is 7.05 Å². The van der Waals surface area contributed by atoms with Gasteiger partial charge in [0.2, 0.25) is 0 Å². The monoisotopic (exact) mass is 252 g/mol. The van der Waals surface area contributed by atoms with E-state index in [1.807, 2.05) is 12.1 Å². The highest BCUT2D eigenvalue weighted by Gasteiger charge is 2.17. The molecule has 3 N–H and O–H groups in total. The predicted octanol–water partition coefficient (Wildman–Crippen LogP) is 0.710. The van der Waals surface area contributed by atoms with Crippen molar-refractivity contribution in [1.29, 1.82) is 0 Å². The normalized spacial score (nSPS) is 11.8. The van der Waals surface area contributed by atoms with Crippen LogP contribution in [0.15, 0.2) is 18.2 Å². The highest BCUT2D eigenvalue weighted by atomic mass is 16.5. The van der Waals surface area contributed by atoms with Crippen LogP contribution in [0.25, 0.3) is 0 Å². The largest absolute Gasteiger partial charge is 0.493 e. The molecule has 0 aliphatic rings. The summed E-state index contributed by atoms with van der Waals surface area (Å²) in [5, 5.41) is 2.54. The van der Waals surface area contributed by atoms with Gasteiger partial charge in [-0.3, -0.25) is 4.79 Å². The number of carbonyl (C=O) groups is 1. The summed E-state index contributed by atoms with van der Waals surface area (Å²) in [6.07, 6.45) is 0.0929. The molecule has 0 heterocycles. The number of hydrogen-bond acceptors (Lipinski definition) is 4. The number of carbonyl (C=O) groups excluding carboxylic acids is 1. The molecule has 0 radical (unpaired) electrons. The molecule has 0 bridgehead atoms. The Hall–Kier alpha value is -1.75. The molecule has 1 atom stereocenters. The molecular weight excluding hydrogens is 232 g/mol. The SMILES string of the molecule is CNC(=O)C(C)Oc1c(CCN)cccc1OC. The molecule has 18 heavy (non-hydrogen) atoms. The fraction of sp³-hybridized carbons (Fsp3) is 0.462. The van der Waals surface area contributed by atoms with E-state index in [1.165, 1.54) is 0 Å². The van der Waals surface area contributed by atoms with Crippen molar-refractivity contribution in [2.45, 2.75) is 19.4 Å². The lowest BCUT2D eigenvalue weighted by Gasteiger charge is -2.18. The third kappa shape index (κ3) is 3.37. The van der Waals surface area contributed by atoms with E-state index in [2.05, 4.69) is 5.32 Å². The Balaban J connectivity index is 3.00. The first-order valence-corrected chi connectivity index (χ1v) is 5.88. The summed E-state index contributed by atoms with van der Waals surface area (Å²) in [6.45, 7) is 2.20. The summed E-state index contributed by atoms with van der Waals surface area (Å²) in [5.41, 5.74) is 6.50. The third-order valence-electron chi connectivity index (χ3n) is 2.60. The molecule has 0 spiro atoms. The van der Waals surface area contributed by atoms with Gasteiger partial charge in [0.25, 0.3) is 5.91 Å². The van der Waals surface area contributed by atoms with Crippen LogP contribution in [0.4, 0.5) is 0 Å². The van der Waals surface area contributed by atoms with E-state index in [-0.39, 0.29) is 5.91 Å².